The number of primary amides is 1. The van der Waals surface area contributed by atoms with Crippen LogP contribution in [0.15, 0.2) is 36.4 Å². The molecule has 2 rings (SSSR count). The van der Waals surface area contributed by atoms with Crippen molar-refractivity contribution in [2.45, 2.75) is 13.5 Å². The maximum atomic E-state index is 10.8. The van der Waals surface area contributed by atoms with Gasteiger partial charge >= 0.3 is 0 Å². The van der Waals surface area contributed by atoms with Gasteiger partial charge in [-0.1, -0.05) is 23.7 Å². The van der Waals surface area contributed by atoms with Gasteiger partial charge in [0.1, 0.15) is 0 Å². The summed E-state index contributed by atoms with van der Waals surface area (Å²) in [6, 6.07) is 11.2. The van der Waals surface area contributed by atoms with Crippen LogP contribution in [0, 0.1) is 6.92 Å². The normalized spacial score (nSPS) is 10.2. The Labute approximate surface area is 140 Å². The molecule has 6 heteroatoms. The van der Waals surface area contributed by atoms with Crippen molar-refractivity contribution < 1.29 is 14.3 Å². The van der Waals surface area contributed by atoms with Crippen LogP contribution in [0.2, 0.25) is 5.02 Å². The Morgan fingerprint density at radius 1 is 1.26 bits per heavy atom. The molecule has 0 spiro atoms. The van der Waals surface area contributed by atoms with E-state index < -0.39 is 5.91 Å². The Kier molecular flexibility index (Phi) is 5.71. The van der Waals surface area contributed by atoms with Crippen molar-refractivity contribution in [3.05, 3.63) is 52.5 Å². The third-order valence-electron chi connectivity index (χ3n) is 3.35. The second-order valence-electron chi connectivity index (χ2n) is 5.01. The number of benzene rings is 2. The molecule has 5 nitrogen and oxygen atoms in total. The van der Waals surface area contributed by atoms with Gasteiger partial charge in [0.25, 0.3) is 5.91 Å². The number of carbonyl (C=O) groups excluding carboxylic acids is 1. The van der Waals surface area contributed by atoms with E-state index in [9.17, 15) is 4.79 Å². The predicted octanol–water partition coefficient (Wildman–Crippen LogP) is 3.13. The van der Waals surface area contributed by atoms with Crippen LogP contribution in [0.3, 0.4) is 0 Å². The highest BCUT2D eigenvalue weighted by molar-refractivity contribution is 6.31. The molecular formula is C17H19ClN2O3. The number of carbonyl (C=O) groups is 1. The van der Waals surface area contributed by atoms with Gasteiger partial charge in [-0.05, 0) is 42.3 Å². The molecule has 2 aromatic rings. The Morgan fingerprint density at radius 2 is 2.04 bits per heavy atom. The quantitative estimate of drug-likeness (QED) is 0.815. The molecule has 1 amide bonds. The molecule has 0 saturated heterocycles. The van der Waals surface area contributed by atoms with Crippen molar-refractivity contribution in [1.29, 1.82) is 0 Å². The minimum Gasteiger partial charge on any atom is -0.493 e. The maximum Gasteiger partial charge on any atom is 0.255 e. The monoisotopic (exact) mass is 334 g/mol. The Balaban J connectivity index is 2.08. The summed E-state index contributed by atoms with van der Waals surface area (Å²) in [4.78, 5) is 10.8. The molecule has 122 valence electrons. The standard InChI is InChI=1S/C17H19ClN2O3/c1-11-13(18)4-3-5-14(11)20-9-12-6-7-15(16(8-12)22-2)23-10-17(19)21/h3-8,20H,9-10H2,1-2H3,(H2,19,21). The zero-order chi connectivity index (χ0) is 16.8. The number of halogens is 1. The lowest BCUT2D eigenvalue weighted by atomic mass is 10.1. The fraction of sp³-hybridized carbons (Fsp3) is 0.235. The van der Waals surface area contributed by atoms with E-state index >= 15 is 0 Å². The van der Waals surface area contributed by atoms with Gasteiger partial charge in [0.05, 0.1) is 7.11 Å². The number of rotatable bonds is 7. The SMILES string of the molecule is COc1cc(CNc2cccc(Cl)c2C)ccc1OCC(N)=O. The summed E-state index contributed by atoms with van der Waals surface area (Å²) in [5.41, 5.74) is 8.06. The van der Waals surface area contributed by atoms with Crippen molar-refractivity contribution in [1.82, 2.24) is 0 Å². The summed E-state index contributed by atoms with van der Waals surface area (Å²) in [6.07, 6.45) is 0. The van der Waals surface area contributed by atoms with Gasteiger partial charge in [0.2, 0.25) is 0 Å². The molecule has 0 bridgehead atoms. The number of hydrogen-bond acceptors (Lipinski definition) is 4. The van der Waals surface area contributed by atoms with Gasteiger partial charge in [-0.15, -0.1) is 0 Å². The molecule has 3 N–H and O–H groups in total. The fourth-order valence-corrected chi connectivity index (χ4v) is 2.26. The van der Waals surface area contributed by atoms with Crippen molar-refractivity contribution in [3.63, 3.8) is 0 Å². The molecule has 0 aromatic heterocycles. The van der Waals surface area contributed by atoms with Crippen molar-refractivity contribution in [2.24, 2.45) is 5.73 Å². The Morgan fingerprint density at radius 3 is 2.74 bits per heavy atom. The van der Waals surface area contributed by atoms with Crippen LogP contribution < -0.4 is 20.5 Å². The van der Waals surface area contributed by atoms with E-state index in [0.29, 0.717) is 18.0 Å². The van der Waals surface area contributed by atoms with Gasteiger partial charge in [0.15, 0.2) is 18.1 Å². The number of hydrogen-bond donors (Lipinski definition) is 2. The van der Waals surface area contributed by atoms with E-state index in [4.69, 9.17) is 26.8 Å². The molecule has 0 aliphatic heterocycles. The summed E-state index contributed by atoms with van der Waals surface area (Å²) >= 11 is 6.11. The highest BCUT2D eigenvalue weighted by atomic mass is 35.5. The molecule has 0 atom stereocenters. The highest BCUT2D eigenvalue weighted by Gasteiger charge is 2.08. The van der Waals surface area contributed by atoms with Gasteiger partial charge < -0.3 is 20.5 Å². The first kappa shape index (κ1) is 17.0. The predicted molar refractivity (Wildman–Crippen MR) is 91.2 cm³/mol. The molecule has 0 fully saturated rings. The molecule has 0 saturated carbocycles. The summed E-state index contributed by atoms with van der Waals surface area (Å²) < 4.78 is 10.6. The largest absolute Gasteiger partial charge is 0.493 e. The van der Waals surface area contributed by atoms with E-state index in [1.807, 2.05) is 37.3 Å². The van der Waals surface area contributed by atoms with Crippen LogP contribution >= 0.6 is 11.6 Å². The summed E-state index contributed by atoms with van der Waals surface area (Å²) in [5.74, 6) is 0.497. The van der Waals surface area contributed by atoms with Gasteiger partial charge in [-0.25, -0.2) is 0 Å². The molecule has 0 heterocycles. The average molecular weight is 335 g/mol. The number of nitrogens with two attached hydrogens (primary N) is 1. The number of anilines is 1. The molecular weight excluding hydrogens is 316 g/mol. The van der Waals surface area contributed by atoms with Crippen molar-refractivity contribution in [2.75, 3.05) is 19.0 Å². The number of nitrogens with one attached hydrogen (secondary N) is 1. The lowest BCUT2D eigenvalue weighted by Crippen LogP contribution is -2.20. The minimum absolute atomic E-state index is 0.185. The first-order valence-corrected chi connectivity index (χ1v) is 7.46. The van der Waals surface area contributed by atoms with Gasteiger partial charge in [-0.2, -0.15) is 0 Å². The topological polar surface area (TPSA) is 73.6 Å². The van der Waals surface area contributed by atoms with Gasteiger partial charge in [0, 0.05) is 17.3 Å². The van der Waals surface area contributed by atoms with E-state index in [1.165, 1.54) is 0 Å². The smallest absolute Gasteiger partial charge is 0.255 e. The molecule has 0 radical (unpaired) electrons. The molecule has 2 aromatic carbocycles. The minimum atomic E-state index is -0.533. The van der Waals surface area contributed by atoms with E-state index in [0.717, 1.165) is 21.8 Å². The summed E-state index contributed by atoms with van der Waals surface area (Å²) in [7, 11) is 1.55. The van der Waals surface area contributed by atoms with Crippen molar-refractivity contribution >= 4 is 23.2 Å². The molecule has 0 unspecified atom stereocenters. The summed E-state index contributed by atoms with van der Waals surface area (Å²) in [5, 5.41) is 4.06. The average Bonchev–Trinajstić information content (AvgIpc) is 2.54. The van der Waals surface area contributed by atoms with Crippen molar-refractivity contribution in [3.8, 4) is 11.5 Å². The summed E-state index contributed by atoms with van der Waals surface area (Å²) in [6.45, 7) is 2.38. The van der Waals surface area contributed by atoms with E-state index in [-0.39, 0.29) is 6.61 Å². The Bertz CT molecular complexity index is 704. The molecule has 0 aliphatic rings. The van der Waals surface area contributed by atoms with Crippen LogP contribution in [0.5, 0.6) is 11.5 Å². The number of ether oxygens (including phenoxy) is 2. The van der Waals surface area contributed by atoms with Crippen LogP contribution in [0.1, 0.15) is 11.1 Å². The third kappa shape index (κ3) is 4.53. The Hall–Kier alpha value is -2.40. The van der Waals surface area contributed by atoms with Crippen LogP contribution in [-0.2, 0) is 11.3 Å². The van der Waals surface area contributed by atoms with E-state index in [2.05, 4.69) is 5.32 Å². The highest BCUT2D eigenvalue weighted by Crippen LogP contribution is 2.29. The third-order valence-corrected chi connectivity index (χ3v) is 3.76. The number of methoxy groups -OCH3 is 1. The van der Waals surface area contributed by atoms with Crippen LogP contribution in [0.25, 0.3) is 0 Å². The second-order valence-corrected chi connectivity index (χ2v) is 5.41. The lowest BCUT2D eigenvalue weighted by Gasteiger charge is -2.13. The van der Waals surface area contributed by atoms with E-state index in [1.54, 1.807) is 13.2 Å². The molecule has 23 heavy (non-hydrogen) atoms. The van der Waals surface area contributed by atoms with Crippen LogP contribution in [-0.4, -0.2) is 19.6 Å². The first-order chi connectivity index (χ1) is 11.0. The zero-order valence-corrected chi connectivity index (χ0v) is 13.8. The first-order valence-electron chi connectivity index (χ1n) is 7.08. The molecule has 0 aliphatic carbocycles. The fourth-order valence-electron chi connectivity index (χ4n) is 2.09. The zero-order valence-electron chi connectivity index (χ0n) is 13.1. The second kappa shape index (κ2) is 7.74. The lowest BCUT2D eigenvalue weighted by molar-refractivity contribution is -0.119. The van der Waals surface area contributed by atoms with Gasteiger partial charge in [-0.3, -0.25) is 4.79 Å². The van der Waals surface area contributed by atoms with Crippen LogP contribution in [0.4, 0.5) is 5.69 Å². The number of amides is 1. The maximum absolute atomic E-state index is 10.8.